The quantitative estimate of drug-likeness (QED) is 0.261. The van der Waals surface area contributed by atoms with Crippen molar-refractivity contribution >= 4 is 27.7 Å². The number of carbonyl (C=O) groups excluding carboxylic acids is 1. The molecule has 226 valence electrons. The smallest absolute Gasteiger partial charge is 0.379 e. The molecule has 1 aromatic heterocycles. The van der Waals surface area contributed by atoms with E-state index in [4.69, 9.17) is 4.74 Å². The van der Waals surface area contributed by atoms with Crippen LogP contribution < -0.4 is 5.32 Å². The molecule has 0 saturated carbocycles. The molecule has 1 amide bonds. The van der Waals surface area contributed by atoms with Gasteiger partial charge in [0.25, 0.3) is 0 Å². The average Bonchev–Trinajstić information content (AvgIpc) is 3.45. The summed E-state index contributed by atoms with van der Waals surface area (Å²) in [5.74, 6) is -0.265. The van der Waals surface area contributed by atoms with Gasteiger partial charge >= 0.3 is 6.18 Å². The highest BCUT2D eigenvalue weighted by atomic mass is 32.2. The van der Waals surface area contributed by atoms with Crippen molar-refractivity contribution in [3.05, 3.63) is 90.0 Å². The summed E-state index contributed by atoms with van der Waals surface area (Å²) in [4.78, 5) is 12.8. The van der Waals surface area contributed by atoms with E-state index < -0.39 is 21.8 Å². The summed E-state index contributed by atoms with van der Waals surface area (Å²) in [5.41, 5.74) is 0.478. The summed E-state index contributed by atoms with van der Waals surface area (Å²) in [5, 5.41) is 11.5. The second-order valence-electron chi connectivity index (χ2n) is 9.72. The number of nitrogens with one attached hydrogen (secondary N) is 1. The van der Waals surface area contributed by atoms with E-state index in [0.717, 1.165) is 29.5 Å². The predicted octanol–water partition coefficient (Wildman–Crippen LogP) is 4.94. The van der Waals surface area contributed by atoms with Gasteiger partial charge in [0.1, 0.15) is 0 Å². The number of amides is 1. The SMILES string of the molecule is C[C@@H](NC(=O)CSc1nnc(-c2cccc(S(=O)(=O)N3CCOCC3)c2)n1-c1cccc(C(F)(F)F)c1)c1ccccc1. The maximum atomic E-state index is 13.6. The fourth-order valence-electron chi connectivity index (χ4n) is 4.57. The van der Waals surface area contributed by atoms with Gasteiger partial charge in [0.05, 0.1) is 41.2 Å². The van der Waals surface area contributed by atoms with E-state index in [2.05, 4.69) is 15.5 Å². The molecule has 2 heterocycles. The van der Waals surface area contributed by atoms with Gasteiger partial charge in [-0.25, -0.2) is 8.42 Å². The van der Waals surface area contributed by atoms with Crippen LogP contribution in [0.25, 0.3) is 17.1 Å². The molecule has 1 aliphatic rings. The largest absolute Gasteiger partial charge is 0.416 e. The first-order valence-corrected chi connectivity index (χ1v) is 15.7. The van der Waals surface area contributed by atoms with Crippen LogP contribution in [0, 0.1) is 0 Å². The molecule has 14 heteroatoms. The van der Waals surface area contributed by atoms with Gasteiger partial charge in [-0.05, 0) is 42.8 Å². The molecule has 1 atom stereocenters. The third-order valence-electron chi connectivity index (χ3n) is 6.77. The molecule has 0 unspecified atom stereocenters. The summed E-state index contributed by atoms with van der Waals surface area (Å²) in [7, 11) is -3.86. The first-order chi connectivity index (χ1) is 20.5. The maximum Gasteiger partial charge on any atom is 0.416 e. The highest BCUT2D eigenvalue weighted by Gasteiger charge is 2.31. The number of ether oxygens (including phenoxy) is 1. The van der Waals surface area contributed by atoms with Crippen molar-refractivity contribution in [2.24, 2.45) is 0 Å². The number of thioether (sulfide) groups is 1. The monoisotopic (exact) mass is 631 g/mol. The Morgan fingerprint density at radius 3 is 2.44 bits per heavy atom. The number of hydrogen-bond donors (Lipinski definition) is 1. The lowest BCUT2D eigenvalue weighted by molar-refractivity contribution is -0.137. The van der Waals surface area contributed by atoms with Crippen molar-refractivity contribution in [2.45, 2.75) is 29.2 Å². The Bertz CT molecular complexity index is 1690. The molecule has 0 bridgehead atoms. The summed E-state index contributed by atoms with van der Waals surface area (Å²) in [6.45, 7) is 2.82. The van der Waals surface area contributed by atoms with Gasteiger partial charge in [-0.15, -0.1) is 10.2 Å². The van der Waals surface area contributed by atoms with Crippen LogP contribution in [0.3, 0.4) is 0 Å². The van der Waals surface area contributed by atoms with Crippen LogP contribution in [0.5, 0.6) is 0 Å². The van der Waals surface area contributed by atoms with Gasteiger partial charge < -0.3 is 10.1 Å². The molecular weight excluding hydrogens is 603 g/mol. The zero-order chi connectivity index (χ0) is 30.6. The van der Waals surface area contributed by atoms with Crippen LogP contribution in [0.15, 0.2) is 88.9 Å². The first kappa shape index (κ1) is 30.7. The van der Waals surface area contributed by atoms with Crippen LogP contribution in [-0.2, 0) is 25.7 Å². The number of rotatable bonds is 9. The third kappa shape index (κ3) is 7.09. The fourth-order valence-corrected chi connectivity index (χ4v) is 6.79. The van der Waals surface area contributed by atoms with E-state index in [9.17, 15) is 26.4 Å². The van der Waals surface area contributed by atoms with Crippen LogP contribution in [0.1, 0.15) is 24.1 Å². The normalized spacial score (nSPS) is 15.3. The van der Waals surface area contributed by atoms with Crippen molar-refractivity contribution in [3.8, 4) is 17.1 Å². The Kier molecular flexibility index (Phi) is 9.20. The van der Waals surface area contributed by atoms with Gasteiger partial charge in [-0.2, -0.15) is 17.5 Å². The van der Waals surface area contributed by atoms with E-state index in [1.807, 2.05) is 37.3 Å². The Labute approximate surface area is 251 Å². The number of alkyl halides is 3. The van der Waals surface area contributed by atoms with E-state index in [1.54, 1.807) is 12.1 Å². The molecule has 1 N–H and O–H groups in total. The minimum absolute atomic E-state index is 0.00831. The van der Waals surface area contributed by atoms with E-state index >= 15 is 0 Å². The number of nitrogens with zero attached hydrogens (tertiary/aromatic N) is 4. The lowest BCUT2D eigenvalue weighted by Gasteiger charge is -2.26. The lowest BCUT2D eigenvalue weighted by Crippen LogP contribution is -2.40. The van der Waals surface area contributed by atoms with Gasteiger partial charge in [0.15, 0.2) is 11.0 Å². The second-order valence-corrected chi connectivity index (χ2v) is 12.6. The molecule has 5 rings (SSSR count). The standard InChI is InChI=1S/C29H28F3N5O4S2/c1-20(21-7-3-2-4-8-21)33-26(38)19-42-28-35-34-27(37(28)24-11-6-10-23(18-24)29(30,31)32)22-9-5-12-25(17-22)43(39,40)36-13-15-41-16-14-36/h2-12,17-18,20H,13-16,19H2,1H3,(H,33,38)/t20-/m1/s1. The fraction of sp³-hybridized carbons (Fsp3) is 0.276. The number of morpholine rings is 1. The summed E-state index contributed by atoms with van der Waals surface area (Å²) < 4.78 is 75.5. The van der Waals surface area contributed by atoms with Gasteiger partial charge in [-0.3, -0.25) is 9.36 Å². The number of halogens is 3. The lowest BCUT2D eigenvalue weighted by atomic mass is 10.1. The highest BCUT2D eigenvalue weighted by Crippen LogP contribution is 2.34. The molecular formula is C29H28F3N5O4S2. The van der Waals surface area contributed by atoms with Crippen molar-refractivity contribution in [1.82, 2.24) is 24.4 Å². The van der Waals surface area contributed by atoms with Crippen LogP contribution in [0.2, 0.25) is 0 Å². The number of carbonyl (C=O) groups is 1. The maximum absolute atomic E-state index is 13.6. The Balaban J connectivity index is 1.48. The number of benzene rings is 3. The van der Waals surface area contributed by atoms with E-state index in [-0.39, 0.29) is 65.6 Å². The van der Waals surface area contributed by atoms with Gasteiger partial charge in [-0.1, -0.05) is 60.3 Å². The van der Waals surface area contributed by atoms with Crippen molar-refractivity contribution < 1.29 is 31.1 Å². The van der Waals surface area contributed by atoms with Crippen LogP contribution >= 0.6 is 11.8 Å². The Morgan fingerprint density at radius 2 is 1.72 bits per heavy atom. The zero-order valence-corrected chi connectivity index (χ0v) is 24.6. The highest BCUT2D eigenvalue weighted by molar-refractivity contribution is 7.99. The third-order valence-corrected chi connectivity index (χ3v) is 9.60. The minimum atomic E-state index is -4.60. The molecule has 1 saturated heterocycles. The molecule has 1 fully saturated rings. The predicted molar refractivity (Wildman–Crippen MR) is 155 cm³/mol. The molecule has 3 aromatic carbocycles. The number of hydrogen-bond acceptors (Lipinski definition) is 7. The first-order valence-electron chi connectivity index (χ1n) is 13.3. The molecule has 4 aromatic rings. The molecule has 0 spiro atoms. The average molecular weight is 632 g/mol. The van der Waals surface area contributed by atoms with Gasteiger partial charge in [0, 0.05) is 18.7 Å². The molecule has 0 radical (unpaired) electrons. The van der Waals surface area contributed by atoms with E-state index in [0.29, 0.717) is 5.56 Å². The summed E-state index contributed by atoms with van der Waals surface area (Å²) in [6, 6.07) is 19.8. The molecule has 1 aliphatic heterocycles. The van der Waals surface area contributed by atoms with Crippen LogP contribution in [0.4, 0.5) is 13.2 Å². The molecule has 43 heavy (non-hydrogen) atoms. The topological polar surface area (TPSA) is 106 Å². The summed E-state index contributed by atoms with van der Waals surface area (Å²) >= 11 is 1.00. The summed E-state index contributed by atoms with van der Waals surface area (Å²) in [6.07, 6.45) is -4.60. The number of aromatic nitrogens is 3. The minimum Gasteiger partial charge on any atom is -0.379 e. The number of sulfonamides is 1. The van der Waals surface area contributed by atoms with Crippen molar-refractivity contribution in [1.29, 1.82) is 0 Å². The van der Waals surface area contributed by atoms with Gasteiger partial charge in [0.2, 0.25) is 15.9 Å². The van der Waals surface area contributed by atoms with Crippen molar-refractivity contribution in [3.63, 3.8) is 0 Å². The van der Waals surface area contributed by atoms with Crippen LogP contribution in [-0.4, -0.2) is 65.5 Å². The molecule has 9 nitrogen and oxygen atoms in total. The zero-order valence-electron chi connectivity index (χ0n) is 23.0. The Morgan fingerprint density at radius 1 is 1.00 bits per heavy atom. The second kappa shape index (κ2) is 12.9. The molecule has 0 aliphatic carbocycles. The van der Waals surface area contributed by atoms with Crippen molar-refractivity contribution in [2.75, 3.05) is 32.1 Å². The Hall–Kier alpha value is -3.72. The van der Waals surface area contributed by atoms with E-state index in [1.165, 1.54) is 33.1 Å².